The molecule has 1 amide bonds. The first-order valence-electron chi connectivity index (χ1n) is 7.23. The molecule has 1 aromatic rings. The van der Waals surface area contributed by atoms with E-state index in [1.54, 1.807) is 6.92 Å². The smallest absolute Gasteiger partial charge is 0.219 e. The number of aryl methyl sites for hydroxylation is 1. The molecule has 1 atom stereocenters. The van der Waals surface area contributed by atoms with Gasteiger partial charge >= 0.3 is 0 Å². The van der Waals surface area contributed by atoms with Crippen LogP contribution in [0.15, 0.2) is 0 Å². The lowest BCUT2D eigenvalue weighted by atomic mass is 9.91. The summed E-state index contributed by atoms with van der Waals surface area (Å²) in [4.78, 5) is 19.9. The first-order valence-corrected chi connectivity index (χ1v) is 8.04. The van der Waals surface area contributed by atoms with Crippen molar-refractivity contribution in [2.24, 2.45) is 0 Å². The lowest BCUT2D eigenvalue weighted by Gasteiger charge is -2.31. The first-order chi connectivity index (χ1) is 8.97. The number of thiazole rings is 1. The number of likely N-dealkylation sites (tertiary alicyclic amines) is 1. The van der Waals surface area contributed by atoms with Crippen LogP contribution in [0.4, 0.5) is 0 Å². The van der Waals surface area contributed by atoms with E-state index < -0.39 is 0 Å². The summed E-state index contributed by atoms with van der Waals surface area (Å²) in [7, 11) is 0. The zero-order valence-electron chi connectivity index (χ0n) is 12.0. The first kappa shape index (κ1) is 13.1. The fourth-order valence-electron chi connectivity index (χ4n) is 3.25. The molecule has 4 heteroatoms. The number of nitrogens with zero attached hydrogens (tertiary/aromatic N) is 2. The Hall–Kier alpha value is -0.900. The average molecular weight is 278 g/mol. The van der Waals surface area contributed by atoms with E-state index in [1.165, 1.54) is 34.8 Å². The summed E-state index contributed by atoms with van der Waals surface area (Å²) in [6.45, 7) is 8.05. The minimum absolute atomic E-state index is 0.203. The Morgan fingerprint density at radius 3 is 2.95 bits per heavy atom. The molecule has 1 aliphatic carbocycles. The summed E-state index contributed by atoms with van der Waals surface area (Å²) in [6.07, 6.45) is 4.70. The lowest BCUT2D eigenvalue weighted by Crippen LogP contribution is -2.37. The van der Waals surface area contributed by atoms with Crippen LogP contribution in [0.3, 0.4) is 0 Å². The molecule has 3 rings (SSSR count). The van der Waals surface area contributed by atoms with Crippen molar-refractivity contribution in [3.8, 4) is 0 Å². The van der Waals surface area contributed by atoms with Gasteiger partial charge in [0, 0.05) is 36.2 Å². The lowest BCUT2D eigenvalue weighted by molar-refractivity contribution is -0.130. The van der Waals surface area contributed by atoms with Gasteiger partial charge in [-0.3, -0.25) is 4.79 Å². The van der Waals surface area contributed by atoms with Crippen LogP contribution in [0, 0.1) is 0 Å². The van der Waals surface area contributed by atoms with Crippen LogP contribution in [0.25, 0.3) is 0 Å². The molecule has 1 saturated heterocycles. The van der Waals surface area contributed by atoms with E-state index in [1.807, 2.05) is 16.2 Å². The molecule has 1 fully saturated rings. The molecule has 1 aliphatic heterocycles. The van der Waals surface area contributed by atoms with Gasteiger partial charge in [-0.2, -0.15) is 0 Å². The molecule has 1 aromatic heterocycles. The summed E-state index contributed by atoms with van der Waals surface area (Å²) < 4.78 is 0. The highest BCUT2D eigenvalue weighted by molar-refractivity contribution is 7.11. The predicted molar refractivity (Wildman–Crippen MR) is 77.7 cm³/mol. The third-order valence-electron chi connectivity index (χ3n) is 4.55. The maximum absolute atomic E-state index is 11.5. The van der Waals surface area contributed by atoms with Crippen LogP contribution in [0.1, 0.15) is 61.5 Å². The molecule has 19 heavy (non-hydrogen) atoms. The third-order valence-corrected chi connectivity index (χ3v) is 5.83. The van der Waals surface area contributed by atoms with Gasteiger partial charge < -0.3 is 4.90 Å². The van der Waals surface area contributed by atoms with Crippen LogP contribution in [-0.2, 0) is 16.6 Å². The second kappa shape index (κ2) is 4.58. The molecule has 104 valence electrons. The molecule has 0 radical (unpaired) electrons. The van der Waals surface area contributed by atoms with E-state index in [-0.39, 0.29) is 11.3 Å². The van der Waals surface area contributed by atoms with Crippen molar-refractivity contribution < 1.29 is 4.79 Å². The van der Waals surface area contributed by atoms with Gasteiger partial charge in [-0.1, -0.05) is 13.8 Å². The van der Waals surface area contributed by atoms with Crippen molar-refractivity contribution in [2.45, 2.75) is 57.8 Å². The molecule has 0 bridgehead atoms. The van der Waals surface area contributed by atoms with E-state index in [9.17, 15) is 4.79 Å². The van der Waals surface area contributed by atoms with Crippen LogP contribution >= 0.6 is 11.3 Å². The van der Waals surface area contributed by atoms with Gasteiger partial charge in [0.2, 0.25) is 5.91 Å². The number of hydrogen-bond donors (Lipinski definition) is 0. The highest BCUT2D eigenvalue weighted by atomic mass is 32.1. The number of carbonyl (C=O) groups is 1. The van der Waals surface area contributed by atoms with Crippen molar-refractivity contribution in [1.29, 1.82) is 0 Å². The number of piperidine rings is 1. The number of fused-ring (bicyclic) bond motifs is 1. The average Bonchev–Trinajstić information content (AvgIpc) is 2.91. The van der Waals surface area contributed by atoms with E-state index in [2.05, 4.69) is 13.8 Å². The second-order valence-electron chi connectivity index (χ2n) is 6.51. The predicted octanol–water partition coefficient (Wildman–Crippen LogP) is 3.09. The molecule has 0 aromatic carbocycles. The summed E-state index contributed by atoms with van der Waals surface area (Å²) in [5, 5.41) is 1.27. The van der Waals surface area contributed by atoms with Gasteiger partial charge in [0.1, 0.15) is 0 Å². The quantitative estimate of drug-likeness (QED) is 0.791. The zero-order valence-corrected chi connectivity index (χ0v) is 12.8. The van der Waals surface area contributed by atoms with Gasteiger partial charge in [0.15, 0.2) is 0 Å². The van der Waals surface area contributed by atoms with Gasteiger partial charge in [0.25, 0.3) is 0 Å². The number of aromatic nitrogens is 1. The van der Waals surface area contributed by atoms with Crippen molar-refractivity contribution in [3.63, 3.8) is 0 Å². The van der Waals surface area contributed by atoms with Gasteiger partial charge in [-0.25, -0.2) is 4.98 Å². The Morgan fingerprint density at radius 2 is 2.26 bits per heavy atom. The molecule has 0 N–H and O–H groups in total. The van der Waals surface area contributed by atoms with Crippen LogP contribution in [0.2, 0.25) is 0 Å². The van der Waals surface area contributed by atoms with Gasteiger partial charge in [-0.15, -0.1) is 11.3 Å². The second-order valence-corrected chi connectivity index (χ2v) is 7.63. The maximum atomic E-state index is 11.5. The standard InChI is InChI=1S/C15H22N2OS/c1-10(18)17-8-4-5-11(9-17)14-16-13-12(19-14)6-7-15(13,2)3/h11H,4-9H2,1-3H3/t11-/m0/s1. The number of amides is 1. The van der Waals surface area contributed by atoms with Crippen molar-refractivity contribution in [1.82, 2.24) is 9.88 Å². The minimum atomic E-state index is 0.203. The fraction of sp³-hybridized carbons (Fsp3) is 0.733. The normalized spacial score (nSPS) is 25.4. The number of hydrogen-bond acceptors (Lipinski definition) is 3. The molecule has 0 saturated carbocycles. The maximum Gasteiger partial charge on any atom is 0.219 e. The Morgan fingerprint density at radius 1 is 1.47 bits per heavy atom. The molecule has 3 nitrogen and oxygen atoms in total. The fourth-order valence-corrected chi connectivity index (χ4v) is 4.62. The van der Waals surface area contributed by atoms with E-state index in [0.29, 0.717) is 5.92 Å². The summed E-state index contributed by atoms with van der Waals surface area (Å²) in [6, 6.07) is 0. The molecule has 0 spiro atoms. The van der Waals surface area contributed by atoms with Crippen molar-refractivity contribution >= 4 is 17.2 Å². The molecule has 2 aliphatic rings. The van der Waals surface area contributed by atoms with E-state index >= 15 is 0 Å². The monoisotopic (exact) mass is 278 g/mol. The Kier molecular flexibility index (Phi) is 3.16. The van der Waals surface area contributed by atoms with E-state index in [4.69, 9.17) is 4.98 Å². The van der Waals surface area contributed by atoms with Crippen LogP contribution in [-0.4, -0.2) is 28.9 Å². The van der Waals surface area contributed by atoms with Crippen molar-refractivity contribution in [3.05, 3.63) is 15.6 Å². The molecular weight excluding hydrogens is 256 g/mol. The van der Waals surface area contributed by atoms with Crippen LogP contribution in [0.5, 0.6) is 0 Å². The number of carbonyl (C=O) groups excluding carboxylic acids is 1. The topological polar surface area (TPSA) is 33.2 Å². The summed E-state index contributed by atoms with van der Waals surface area (Å²) >= 11 is 1.90. The van der Waals surface area contributed by atoms with Crippen molar-refractivity contribution in [2.75, 3.05) is 13.1 Å². The Bertz CT molecular complexity index is 506. The number of rotatable bonds is 1. The third kappa shape index (κ3) is 2.31. The zero-order chi connectivity index (χ0) is 13.6. The highest BCUT2D eigenvalue weighted by Gasteiger charge is 2.35. The summed E-state index contributed by atoms with van der Waals surface area (Å²) in [5.74, 6) is 0.665. The SMILES string of the molecule is CC(=O)N1CCC[C@H](c2nc3c(s2)CCC3(C)C)C1. The van der Waals surface area contributed by atoms with Crippen LogP contribution < -0.4 is 0 Å². The molecular formula is C15H22N2OS. The van der Waals surface area contributed by atoms with E-state index in [0.717, 1.165) is 19.5 Å². The largest absolute Gasteiger partial charge is 0.342 e. The molecule has 2 heterocycles. The highest BCUT2D eigenvalue weighted by Crippen LogP contribution is 2.43. The van der Waals surface area contributed by atoms with Gasteiger partial charge in [0.05, 0.1) is 10.7 Å². The Balaban J connectivity index is 1.82. The molecule has 0 unspecified atom stereocenters. The minimum Gasteiger partial charge on any atom is -0.342 e. The van der Waals surface area contributed by atoms with Gasteiger partial charge in [-0.05, 0) is 25.7 Å². The Labute approximate surface area is 119 Å². The summed E-state index contributed by atoms with van der Waals surface area (Å²) in [5.41, 5.74) is 1.58.